The summed E-state index contributed by atoms with van der Waals surface area (Å²) in [5.74, 6) is -0.400. The van der Waals surface area contributed by atoms with Crippen LogP contribution in [-0.4, -0.2) is 10.9 Å². The van der Waals surface area contributed by atoms with E-state index in [4.69, 9.17) is 28.5 Å². The molecule has 1 heterocycles. The molecule has 2 aromatic rings. The fourth-order valence-electron chi connectivity index (χ4n) is 1.41. The summed E-state index contributed by atoms with van der Waals surface area (Å²) in [5, 5.41) is 11.9. The molecular weight excluding hydrogens is 285 g/mol. The van der Waals surface area contributed by atoms with E-state index in [-0.39, 0.29) is 15.9 Å². The van der Waals surface area contributed by atoms with Crippen molar-refractivity contribution in [3.63, 3.8) is 0 Å². The average molecular weight is 292 g/mol. The summed E-state index contributed by atoms with van der Waals surface area (Å²) < 4.78 is 0. The van der Waals surface area contributed by atoms with Gasteiger partial charge in [0.15, 0.2) is 0 Å². The van der Waals surface area contributed by atoms with E-state index >= 15 is 0 Å². The second-order valence-electron chi connectivity index (χ2n) is 3.61. The highest BCUT2D eigenvalue weighted by molar-refractivity contribution is 6.32. The number of halogens is 2. The molecule has 1 aromatic carbocycles. The van der Waals surface area contributed by atoms with Crippen LogP contribution in [0, 0.1) is 11.3 Å². The molecule has 1 N–H and O–H groups in total. The number of hydrogen-bond acceptors (Lipinski definition) is 3. The highest BCUT2D eigenvalue weighted by atomic mass is 35.5. The van der Waals surface area contributed by atoms with Crippen molar-refractivity contribution in [3.05, 3.63) is 57.8 Å². The van der Waals surface area contributed by atoms with E-state index in [0.717, 1.165) is 0 Å². The molecule has 1 aromatic heterocycles. The molecule has 0 saturated heterocycles. The van der Waals surface area contributed by atoms with Gasteiger partial charge in [-0.1, -0.05) is 29.3 Å². The molecule has 0 aliphatic heterocycles. The lowest BCUT2D eigenvalue weighted by Gasteiger charge is -2.05. The van der Waals surface area contributed by atoms with Gasteiger partial charge in [-0.25, -0.2) is 4.98 Å². The lowest BCUT2D eigenvalue weighted by atomic mass is 10.2. The molecule has 4 nitrogen and oxygen atoms in total. The molecule has 0 unspecified atom stereocenters. The van der Waals surface area contributed by atoms with Gasteiger partial charge >= 0.3 is 0 Å². The molecule has 2 rings (SSSR count). The van der Waals surface area contributed by atoms with Crippen LogP contribution in [0.1, 0.15) is 16.1 Å². The molecule has 0 aliphatic rings. The van der Waals surface area contributed by atoms with E-state index in [1.54, 1.807) is 24.3 Å². The van der Waals surface area contributed by atoms with E-state index in [9.17, 15) is 4.79 Å². The van der Waals surface area contributed by atoms with Crippen molar-refractivity contribution in [2.45, 2.75) is 0 Å². The Hall–Kier alpha value is -2.09. The average Bonchev–Trinajstić information content (AvgIpc) is 2.39. The number of amides is 1. The zero-order chi connectivity index (χ0) is 13.8. The van der Waals surface area contributed by atoms with Crippen LogP contribution in [-0.2, 0) is 0 Å². The third-order valence-corrected chi connectivity index (χ3v) is 2.82. The van der Waals surface area contributed by atoms with Gasteiger partial charge in [0.05, 0.1) is 10.6 Å². The molecule has 0 bridgehead atoms. The minimum atomic E-state index is -0.400. The first-order valence-electron chi connectivity index (χ1n) is 5.23. The molecule has 0 saturated carbocycles. The van der Waals surface area contributed by atoms with Crippen LogP contribution in [0.25, 0.3) is 0 Å². The first-order chi connectivity index (χ1) is 9.10. The number of hydrogen-bond donors (Lipinski definition) is 1. The molecule has 94 valence electrons. The van der Waals surface area contributed by atoms with Crippen molar-refractivity contribution in [3.8, 4) is 6.07 Å². The Bertz CT molecular complexity index is 680. The number of nitriles is 1. The molecule has 0 fully saturated rings. The molecule has 0 spiro atoms. The Morgan fingerprint density at radius 3 is 2.68 bits per heavy atom. The highest BCUT2D eigenvalue weighted by Gasteiger charge is 2.09. The van der Waals surface area contributed by atoms with E-state index in [0.29, 0.717) is 11.3 Å². The maximum absolute atomic E-state index is 11.9. The van der Waals surface area contributed by atoms with Crippen molar-refractivity contribution >= 4 is 34.8 Å². The summed E-state index contributed by atoms with van der Waals surface area (Å²) in [5.41, 5.74) is 1.03. The number of carbonyl (C=O) groups excluding carboxylic acids is 1. The van der Waals surface area contributed by atoms with Gasteiger partial charge in [0, 0.05) is 5.69 Å². The van der Waals surface area contributed by atoms with Crippen LogP contribution in [0.15, 0.2) is 36.4 Å². The fourth-order valence-corrected chi connectivity index (χ4v) is 1.80. The van der Waals surface area contributed by atoms with Crippen LogP contribution in [0.3, 0.4) is 0 Å². The number of nitrogens with zero attached hydrogens (tertiary/aromatic N) is 2. The largest absolute Gasteiger partial charge is 0.321 e. The maximum Gasteiger partial charge on any atom is 0.274 e. The number of anilines is 1. The van der Waals surface area contributed by atoms with Gasteiger partial charge in [-0.3, -0.25) is 4.79 Å². The van der Waals surface area contributed by atoms with Crippen molar-refractivity contribution in [2.24, 2.45) is 0 Å². The zero-order valence-electron chi connectivity index (χ0n) is 9.52. The fraction of sp³-hybridized carbons (Fsp3) is 0. The van der Waals surface area contributed by atoms with Crippen LogP contribution in [0.5, 0.6) is 0 Å². The quantitative estimate of drug-likeness (QED) is 0.861. The predicted molar refractivity (Wildman–Crippen MR) is 73.4 cm³/mol. The third-order valence-electron chi connectivity index (χ3n) is 2.30. The first-order valence-corrected chi connectivity index (χ1v) is 5.99. The summed E-state index contributed by atoms with van der Waals surface area (Å²) in [6.07, 6.45) is 0. The SMILES string of the molecule is N#Cc1ccc(NC(=O)c2cccc(Cl)n2)cc1Cl. The topological polar surface area (TPSA) is 65.8 Å². The van der Waals surface area contributed by atoms with Gasteiger partial charge in [-0.2, -0.15) is 5.26 Å². The van der Waals surface area contributed by atoms with E-state index in [1.165, 1.54) is 12.1 Å². The Morgan fingerprint density at radius 1 is 1.26 bits per heavy atom. The normalized spacial score (nSPS) is 9.74. The van der Waals surface area contributed by atoms with E-state index in [1.807, 2.05) is 6.07 Å². The number of carbonyl (C=O) groups is 1. The van der Waals surface area contributed by atoms with Gasteiger partial charge in [0.2, 0.25) is 0 Å². The van der Waals surface area contributed by atoms with Gasteiger partial charge < -0.3 is 5.32 Å². The minimum Gasteiger partial charge on any atom is -0.321 e. The molecule has 19 heavy (non-hydrogen) atoms. The van der Waals surface area contributed by atoms with Crippen molar-refractivity contribution in [1.82, 2.24) is 4.98 Å². The zero-order valence-corrected chi connectivity index (χ0v) is 11.0. The van der Waals surface area contributed by atoms with Crippen LogP contribution < -0.4 is 5.32 Å². The number of rotatable bonds is 2. The van der Waals surface area contributed by atoms with Gasteiger partial charge in [-0.15, -0.1) is 0 Å². The lowest BCUT2D eigenvalue weighted by Crippen LogP contribution is -2.13. The van der Waals surface area contributed by atoms with Crippen LogP contribution >= 0.6 is 23.2 Å². The highest BCUT2D eigenvalue weighted by Crippen LogP contribution is 2.20. The lowest BCUT2D eigenvalue weighted by molar-refractivity contribution is 0.102. The first kappa shape index (κ1) is 13.3. The second kappa shape index (κ2) is 5.70. The summed E-state index contributed by atoms with van der Waals surface area (Å²) in [6, 6.07) is 11.3. The van der Waals surface area contributed by atoms with Crippen LogP contribution in [0.4, 0.5) is 5.69 Å². The molecule has 1 amide bonds. The van der Waals surface area contributed by atoms with Gasteiger partial charge in [-0.05, 0) is 30.3 Å². The number of benzene rings is 1. The standard InChI is InChI=1S/C13H7Cl2N3O/c14-10-6-9(5-4-8(10)7-16)17-13(19)11-2-1-3-12(15)18-11/h1-6H,(H,17,19). The number of aromatic nitrogens is 1. The predicted octanol–water partition coefficient (Wildman–Crippen LogP) is 3.51. The van der Waals surface area contributed by atoms with E-state index < -0.39 is 5.91 Å². The van der Waals surface area contributed by atoms with Crippen molar-refractivity contribution < 1.29 is 4.79 Å². The summed E-state index contributed by atoms with van der Waals surface area (Å²) in [7, 11) is 0. The Morgan fingerprint density at radius 2 is 2.05 bits per heavy atom. The molecule has 0 radical (unpaired) electrons. The second-order valence-corrected chi connectivity index (χ2v) is 4.40. The summed E-state index contributed by atoms with van der Waals surface area (Å²) >= 11 is 11.6. The summed E-state index contributed by atoms with van der Waals surface area (Å²) in [6.45, 7) is 0. The van der Waals surface area contributed by atoms with Crippen LogP contribution in [0.2, 0.25) is 10.2 Å². The maximum atomic E-state index is 11.9. The van der Waals surface area contributed by atoms with Crippen molar-refractivity contribution in [1.29, 1.82) is 5.26 Å². The molecular formula is C13H7Cl2N3O. The van der Waals surface area contributed by atoms with E-state index in [2.05, 4.69) is 10.3 Å². The molecule has 0 aliphatic carbocycles. The Labute approximate surface area is 119 Å². The third kappa shape index (κ3) is 3.22. The summed E-state index contributed by atoms with van der Waals surface area (Å²) in [4.78, 5) is 15.8. The number of pyridine rings is 1. The number of nitrogens with one attached hydrogen (secondary N) is 1. The Balaban J connectivity index is 2.20. The molecule has 6 heteroatoms. The van der Waals surface area contributed by atoms with Gasteiger partial charge in [0.1, 0.15) is 16.9 Å². The minimum absolute atomic E-state index is 0.202. The smallest absolute Gasteiger partial charge is 0.274 e. The molecule has 0 atom stereocenters. The van der Waals surface area contributed by atoms with Crippen molar-refractivity contribution in [2.75, 3.05) is 5.32 Å². The Kier molecular flexibility index (Phi) is 4.00. The monoisotopic (exact) mass is 291 g/mol. The van der Waals surface area contributed by atoms with Gasteiger partial charge in [0.25, 0.3) is 5.91 Å².